The molecule has 30 heavy (non-hydrogen) atoms. The Kier molecular flexibility index (Phi) is 8.70. The fourth-order valence-corrected chi connectivity index (χ4v) is 3.25. The zero-order chi connectivity index (χ0) is 22.1. The van der Waals surface area contributed by atoms with E-state index in [2.05, 4.69) is 34.9 Å². The minimum atomic E-state index is -0.470. The Bertz CT molecular complexity index is 847. The van der Waals surface area contributed by atoms with E-state index in [-0.39, 0.29) is 12.1 Å². The minimum absolute atomic E-state index is 0.202. The van der Waals surface area contributed by atoms with Crippen LogP contribution >= 0.6 is 0 Å². The van der Waals surface area contributed by atoms with Gasteiger partial charge in [0.1, 0.15) is 0 Å². The van der Waals surface area contributed by atoms with Gasteiger partial charge in [0.05, 0.1) is 18.8 Å². The lowest BCUT2D eigenvalue weighted by Gasteiger charge is -2.21. The highest BCUT2D eigenvalue weighted by Gasteiger charge is 2.16. The lowest BCUT2D eigenvalue weighted by molar-refractivity contribution is 0.146. The van der Waals surface area contributed by atoms with Crippen LogP contribution in [0.3, 0.4) is 0 Å². The van der Waals surface area contributed by atoms with Gasteiger partial charge < -0.3 is 20.7 Å². The van der Waals surface area contributed by atoms with Crippen LogP contribution in [0.1, 0.15) is 44.1 Å². The van der Waals surface area contributed by atoms with Crippen molar-refractivity contribution in [3.05, 3.63) is 47.3 Å². The van der Waals surface area contributed by atoms with Crippen molar-refractivity contribution >= 4 is 17.8 Å². The smallest absolute Gasteiger partial charge is 0.407 e. The van der Waals surface area contributed by atoms with Crippen LogP contribution < -0.4 is 16.0 Å². The van der Waals surface area contributed by atoms with Crippen LogP contribution in [0.2, 0.25) is 0 Å². The van der Waals surface area contributed by atoms with Crippen LogP contribution in [-0.4, -0.2) is 41.1 Å². The Morgan fingerprint density at radius 2 is 1.97 bits per heavy atom. The molecule has 3 amide bonds. The number of carbonyl (C=O) groups is 2. The number of anilines is 1. The number of rotatable bonds is 9. The first-order valence-electron chi connectivity index (χ1n) is 10.3. The molecule has 1 aromatic heterocycles. The van der Waals surface area contributed by atoms with E-state index in [1.807, 2.05) is 48.9 Å². The van der Waals surface area contributed by atoms with Crippen LogP contribution in [0, 0.1) is 19.8 Å². The molecule has 0 aliphatic heterocycles. The average molecular weight is 416 g/mol. The molecule has 0 aliphatic carbocycles. The van der Waals surface area contributed by atoms with Gasteiger partial charge in [-0.05, 0) is 56.9 Å². The predicted octanol–water partition coefficient (Wildman–Crippen LogP) is 3.83. The second-order valence-electron chi connectivity index (χ2n) is 7.81. The predicted molar refractivity (Wildman–Crippen MR) is 118 cm³/mol. The highest BCUT2D eigenvalue weighted by molar-refractivity contribution is 5.89. The first-order valence-corrected chi connectivity index (χ1v) is 10.3. The van der Waals surface area contributed by atoms with Crippen molar-refractivity contribution in [3.63, 3.8) is 0 Å². The summed E-state index contributed by atoms with van der Waals surface area (Å²) in [6, 6.07) is 9.19. The summed E-state index contributed by atoms with van der Waals surface area (Å²) < 4.78 is 6.88. The zero-order valence-corrected chi connectivity index (χ0v) is 18.5. The molecule has 0 aliphatic rings. The summed E-state index contributed by atoms with van der Waals surface area (Å²) in [6.45, 7) is 11.1. The first kappa shape index (κ1) is 23.3. The van der Waals surface area contributed by atoms with Crippen molar-refractivity contribution in [3.8, 4) is 0 Å². The molecule has 0 radical (unpaired) electrons. The zero-order valence-electron chi connectivity index (χ0n) is 18.5. The van der Waals surface area contributed by atoms with Crippen LogP contribution in [0.25, 0.3) is 0 Å². The number of carbonyl (C=O) groups excluding carboxylic acids is 2. The Balaban J connectivity index is 1.91. The molecule has 1 unspecified atom stereocenters. The molecule has 0 spiro atoms. The summed E-state index contributed by atoms with van der Waals surface area (Å²) in [5, 5.41) is 13.0. The van der Waals surface area contributed by atoms with E-state index in [9.17, 15) is 9.59 Å². The van der Waals surface area contributed by atoms with E-state index < -0.39 is 6.09 Å². The topological polar surface area (TPSA) is 97.3 Å². The monoisotopic (exact) mass is 415 g/mol. The molecular formula is C22H33N5O3. The third-order valence-corrected chi connectivity index (χ3v) is 4.48. The summed E-state index contributed by atoms with van der Waals surface area (Å²) >= 11 is 0. The Labute approximate surface area is 178 Å². The standard InChI is InChI=1S/C22H33N5O3/c1-6-30-22(29)25-20(10-15(2)3)13-23-21(28)24-19-9-7-8-18(12-19)14-27-17(5)11-16(4)26-27/h7-9,11-12,15,20H,6,10,13-14H2,1-5H3,(H,25,29)(H2,23,24,28). The second kappa shape index (κ2) is 11.2. The summed E-state index contributed by atoms with van der Waals surface area (Å²) in [5.74, 6) is 0.368. The van der Waals surface area contributed by atoms with E-state index in [4.69, 9.17) is 4.74 Å². The van der Waals surface area contributed by atoms with Gasteiger partial charge in [-0.3, -0.25) is 4.68 Å². The molecule has 0 saturated heterocycles. The fraction of sp³-hybridized carbons (Fsp3) is 0.500. The van der Waals surface area contributed by atoms with Gasteiger partial charge in [0, 0.05) is 24.0 Å². The third kappa shape index (κ3) is 7.77. The highest BCUT2D eigenvalue weighted by Crippen LogP contribution is 2.13. The quantitative estimate of drug-likeness (QED) is 0.580. The largest absolute Gasteiger partial charge is 0.450 e. The molecule has 1 atom stereocenters. The first-order chi connectivity index (χ1) is 14.3. The van der Waals surface area contributed by atoms with Gasteiger partial charge in [-0.15, -0.1) is 0 Å². The molecule has 164 valence electrons. The van der Waals surface area contributed by atoms with Crippen molar-refractivity contribution < 1.29 is 14.3 Å². The number of aromatic nitrogens is 2. The number of alkyl carbamates (subject to hydrolysis) is 1. The molecule has 0 saturated carbocycles. The molecule has 1 aromatic carbocycles. The molecule has 0 bridgehead atoms. The lowest BCUT2D eigenvalue weighted by atomic mass is 10.0. The van der Waals surface area contributed by atoms with Gasteiger partial charge in [-0.25, -0.2) is 9.59 Å². The summed E-state index contributed by atoms with van der Waals surface area (Å²) in [5.41, 5.74) is 3.81. The summed E-state index contributed by atoms with van der Waals surface area (Å²) in [7, 11) is 0. The third-order valence-electron chi connectivity index (χ3n) is 4.48. The van der Waals surface area contributed by atoms with E-state index in [0.717, 1.165) is 23.4 Å². The van der Waals surface area contributed by atoms with Gasteiger partial charge in [-0.2, -0.15) is 5.10 Å². The van der Waals surface area contributed by atoms with Gasteiger partial charge in [0.2, 0.25) is 0 Å². The second-order valence-corrected chi connectivity index (χ2v) is 7.81. The van der Waals surface area contributed by atoms with Crippen molar-refractivity contribution in [2.75, 3.05) is 18.5 Å². The molecular weight excluding hydrogens is 382 g/mol. The number of urea groups is 1. The number of nitrogens with one attached hydrogen (secondary N) is 3. The van der Waals surface area contributed by atoms with Gasteiger partial charge >= 0.3 is 12.1 Å². The van der Waals surface area contributed by atoms with Crippen LogP contribution in [0.4, 0.5) is 15.3 Å². The average Bonchev–Trinajstić information content (AvgIpc) is 2.96. The van der Waals surface area contributed by atoms with Crippen molar-refractivity contribution in [1.82, 2.24) is 20.4 Å². The number of hydrogen-bond donors (Lipinski definition) is 3. The number of hydrogen-bond acceptors (Lipinski definition) is 4. The van der Waals surface area contributed by atoms with Crippen LogP contribution in [-0.2, 0) is 11.3 Å². The Hall–Kier alpha value is -3.03. The lowest BCUT2D eigenvalue weighted by Crippen LogP contribution is -2.45. The van der Waals surface area contributed by atoms with Crippen molar-refractivity contribution in [1.29, 1.82) is 0 Å². The normalized spacial score (nSPS) is 11.8. The molecule has 2 rings (SSSR count). The van der Waals surface area contributed by atoms with Gasteiger partial charge in [0.25, 0.3) is 0 Å². The molecule has 2 aromatic rings. The summed E-state index contributed by atoms with van der Waals surface area (Å²) in [6.07, 6.45) is 0.263. The SMILES string of the molecule is CCOC(=O)NC(CNC(=O)Nc1cccc(Cn2nc(C)cc2C)c1)CC(C)C. The number of amides is 3. The number of nitrogens with zero attached hydrogens (tertiary/aromatic N) is 2. The number of benzene rings is 1. The van der Waals surface area contributed by atoms with Crippen LogP contribution in [0.15, 0.2) is 30.3 Å². The summed E-state index contributed by atoms with van der Waals surface area (Å²) in [4.78, 5) is 24.1. The maximum Gasteiger partial charge on any atom is 0.407 e. The van der Waals surface area contributed by atoms with E-state index >= 15 is 0 Å². The molecule has 0 fully saturated rings. The molecule has 3 N–H and O–H groups in total. The molecule has 1 heterocycles. The van der Waals surface area contributed by atoms with Crippen molar-refractivity contribution in [2.45, 2.75) is 53.6 Å². The number of aryl methyl sites for hydroxylation is 2. The molecule has 8 nitrogen and oxygen atoms in total. The van der Waals surface area contributed by atoms with E-state index in [1.54, 1.807) is 6.92 Å². The fourth-order valence-electron chi connectivity index (χ4n) is 3.25. The van der Waals surface area contributed by atoms with E-state index in [1.165, 1.54) is 0 Å². The Morgan fingerprint density at radius 3 is 2.60 bits per heavy atom. The Morgan fingerprint density at radius 1 is 1.20 bits per heavy atom. The minimum Gasteiger partial charge on any atom is -0.450 e. The maximum absolute atomic E-state index is 12.4. The van der Waals surface area contributed by atoms with E-state index in [0.29, 0.717) is 31.3 Å². The molecule has 8 heteroatoms. The van der Waals surface area contributed by atoms with Crippen LogP contribution in [0.5, 0.6) is 0 Å². The maximum atomic E-state index is 12.4. The number of ether oxygens (including phenoxy) is 1. The highest BCUT2D eigenvalue weighted by atomic mass is 16.5. The van der Waals surface area contributed by atoms with Gasteiger partial charge in [0.15, 0.2) is 0 Å². The van der Waals surface area contributed by atoms with Gasteiger partial charge in [-0.1, -0.05) is 26.0 Å². The van der Waals surface area contributed by atoms with Crippen molar-refractivity contribution in [2.24, 2.45) is 5.92 Å².